The summed E-state index contributed by atoms with van der Waals surface area (Å²) in [4.78, 5) is 15.5. The Bertz CT molecular complexity index is 946. The van der Waals surface area contributed by atoms with Gasteiger partial charge in [-0.1, -0.05) is 36.8 Å². The fraction of sp³-hybridized carbons (Fsp3) is 0.417. The second-order valence-electron chi connectivity index (χ2n) is 8.07. The molecule has 2 aliphatic rings. The summed E-state index contributed by atoms with van der Waals surface area (Å²) in [5, 5.41) is 6.17. The van der Waals surface area contributed by atoms with E-state index in [1.54, 1.807) is 25.3 Å². The van der Waals surface area contributed by atoms with Gasteiger partial charge in [-0.05, 0) is 44.5 Å². The molecule has 1 amide bonds. The summed E-state index contributed by atoms with van der Waals surface area (Å²) in [7, 11) is 1.62. The zero-order valence-electron chi connectivity index (χ0n) is 17.6. The molecule has 0 spiro atoms. The first-order valence-electron chi connectivity index (χ1n) is 10.6. The van der Waals surface area contributed by atoms with Crippen molar-refractivity contribution in [2.45, 2.75) is 44.7 Å². The van der Waals surface area contributed by atoms with Gasteiger partial charge < -0.3 is 4.74 Å². The van der Waals surface area contributed by atoms with Crippen LogP contribution in [0.4, 0.5) is 4.39 Å². The Morgan fingerprint density at radius 2 is 2.03 bits per heavy atom. The van der Waals surface area contributed by atoms with E-state index in [9.17, 15) is 9.18 Å². The number of hydrogen-bond acceptors (Lipinski definition) is 4. The summed E-state index contributed by atoms with van der Waals surface area (Å²) in [6, 6.07) is 14.2. The first kappa shape index (κ1) is 20.5. The Morgan fingerprint density at radius 1 is 1.20 bits per heavy atom. The van der Waals surface area contributed by atoms with Crippen molar-refractivity contribution in [3.8, 4) is 5.75 Å². The van der Waals surface area contributed by atoms with Crippen LogP contribution in [-0.4, -0.2) is 47.8 Å². The molecule has 0 unspecified atom stereocenters. The Labute approximate surface area is 177 Å². The molecule has 2 aliphatic heterocycles. The number of carbonyl (C=O) groups is 1. The predicted octanol–water partition coefficient (Wildman–Crippen LogP) is 4.39. The highest BCUT2D eigenvalue weighted by Gasteiger charge is 2.35. The van der Waals surface area contributed by atoms with E-state index >= 15 is 0 Å². The standard InChI is InChI=1S/C24H28FN3O2/c1-17-8-5-6-13-27(17)16-24(29)28-23(20-11-3-4-12-21(20)25)15-22(26-28)18-9-7-10-19(14-18)30-2/h3-4,7,9-12,14,17,23H,5-6,8,13,15-16H2,1-2H3/t17-,23+/m1/s1. The lowest BCUT2D eigenvalue weighted by Gasteiger charge is -2.34. The first-order chi connectivity index (χ1) is 14.6. The molecule has 2 heterocycles. The number of hydrazone groups is 1. The van der Waals surface area contributed by atoms with Crippen molar-refractivity contribution in [3.05, 3.63) is 65.5 Å². The molecule has 2 atom stereocenters. The number of rotatable bonds is 5. The number of carbonyl (C=O) groups excluding carboxylic acids is 1. The van der Waals surface area contributed by atoms with Gasteiger partial charge in [-0.2, -0.15) is 5.10 Å². The predicted molar refractivity (Wildman–Crippen MR) is 115 cm³/mol. The first-order valence-corrected chi connectivity index (χ1v) is 10.6. The number of hydrogen-bond donors (Lipinski definition) is 0. The highest BCUT2D eigenvalue weighted by Crippen LogP contribution is 2.35. The molecule has 0 saturated carbocycles. The molecule has 0 radical (unpaired) electrons. The molecule has 1 saturated heterocycles. The highest BCUT2D eigenvalue weighted by molar-refractivity contribution is 6.03. The average Bonchev–Trinajstić information content (AvgIpc) is 3.21. The maximum Gasteiger partial charge on any atom is 0.257 e. The van der Waals surface area contributed by atoms with Gasteiger partial charge in [0, 0.05) is 23.6 Å². The van der Waals surface area contributed by atoms with E-state index in [2.05, 4.69) is 16.9 Å². The Hall–Kier alpha value is -2.73. The summed E-state index contributed by atoms with van der Waals surface area (Å²) >= 11 is 0. The monoisotopic (exact) mass is 409 g/mol. The topological polar surface area (TPSA) is 45.1 Å². The number of halogens is 1. The molecule has 158 valence electrons. The van der Waals surface area contributed by atoms with E-state index < -0.39 is 6.04 Å². The van der Waals surface area contributed by atoms with Crippen LogP contribution in [-0.2, 0) is 4.79 Å². The summed E-state index contributed by atoms with van der Waals surface area (Å²) in [5.41, 5.74) is 2.15. The molecular weight excluding hydrogens is 381 g/mol. The van der Waals surface area contributed by atoms with Crippen LogP contribution in [0, 0.1) is 5.82 Å². The number of nitrogens with zero attached hydrogens (tertiary/aromatic N) is 3. The van der Waals surface area contributed by atoms with E-state index in [0.717, 1.165) is 36.4 Å². The summed E-state index contributed by atoms with van der Waals surface area (Å²) in [6.45, 7) is 3.38. The molecular formula is C24H28FN3O2. The Morgan fingerprint density at radius 3 is 2.80 bits per heavy atom. The van der Waals surface area contributed by atoms with Crippen LogP contribution in [0.3, 0.4) is 0 Å². The third kappa shape index (κ3) is 4.24. The van der Waals surface area contributed by atoms with Gasteiger partial charge in [-0.25, -0.2) is 9.40 Å². The van der Waals surface area contributed by atoms with Gasteiger partial charge in [-0.3, -0.25) is 9.69 Å². The van der Waals surface area contributed by atoms with Crippen LogP contribution in [0.2, 0.25) is 0 Å². The minimum atomic E-state index is -0.444. The van der Waals surface area contributed by atoms with E-state index in [-0.39, 0.29) is 11.7 Å². The van der Waals surface area contributed by atoms with E-state index in [1.165, 1.54) is 17.5 Å². The van der Waals surface area contributed by atoms with Gasteiger partial charge in [0.05, 0.1) is 25.4 Å². The number of piperidine rings is 1. The van der Waals surface area contributed by atoms with Gasteiger partial charge >= 0.3 is 0 Å². The number of methoxy groups -OCH3 is 1. The van der Waals surface area contributed by atoms with E-state index in [0.29, 0.717) is 24.6 Å². The third-order valence-electron chi connectivity index (χ3n) is 6.11. The molecule has 0 bridgehead atoms. The largest absolute Gasteiger partial charge is 0.497 e. The van der Waals surface area contributed by atoms with Crippen LogP contribution in [0.15, 0.2) is 53.6 Å². The van der Waals surface area contributed by atoms with Gasteiger partial charge in [0.25, 0.3) is 5.91 Å². The molecule has 6 heteroatoms. The van der Waals surface area contributed by atoms with Gasteiger partial charge in [0.1, 0.15) is 11.6 Å². The van der Waals surface area contributed by atoms with Gasteiger partial charge in [0.2, 0.25) is 0 Å². The lowest BCUT2D eigenvalue weighted by Crippen LogP contribution is -2.44. The lowest BCUT2D eigenvalue weighted by molar-refractivity contribution is -0.135. The third-order valence-corrected chi connectivity index (χ3v) is 6.11. The maximum atomic E-state index is 14.6. The molecule has 5 nitrogen and oxygen atoms in total. The number of amides is 1. The second-order valence-corrected chi connectivity index (χ2v) is 8.07. The fourth-order valence-corrected chi connectivity index (χ4v) is 4.34. The van der Waals surface area contributed by atoms with Crippen LogP contribution in [0.1, 0.15) is 49.8 Å². The average molecular weight is 410 g/mol. The molecule has 0 aromatic heterocycles. The second kappa shape index (κ2) is 8.96. The quantitative estimate of drug-likeness (QED) is 0.736. The maximum absolute atomic E-state index is 14.6. The lowest BCUT2D eigenvalue weighted by atomic mass is 9.97. The molecule has 0 aliphatic carbocycles. The van der Waals surface area contributed by atoms with Gasteiger partial charge in [0.15, 0.2) is 0 Å². The molecule has 1 fully saturated rings. The SMILES string of the molecule is COc1cccc(C2=NN(C(=O)CN3CCCC[C@H]3C)[C@H](c3ccccc3F)C2)c1. The molecule has 0 N–H and O–H groups in total. The Kier molecular flexibility index (Phi) is 6.13. The minimum Gasteiger partial charge on any atom is -0.497 e. The highest BCUT2D eigenvalue weighted by atomic mass is 19.1. The molecule has 30 heavy (non-hydrogen) atoms. The number of ether oxygens (including phenoxy) is 1. The van der Waals surface area contributed by atoms with Crippen LogP contribution >= 0.6 is 0 Å². The van der Waals surface area contributed by atoms with Crippen molar-refractivity contribution in [2.24, 2.45) is 5.10 Å². The van der Waals surface area contributed by atoms with Crippen molar-refractivity contribution in [1.29, 1.82) is 0 Å². The molecule has 4 rings (SSSR count). The van der Waals surface area contributed by atoms with Crippen molar-refractivity contribution in [1.82, 2.24) is 9.91 Å². The van der Waals surface area contributed by atoms with Gasteiger partial charge in [-0.15, -0.1) is 0 Å². The van der Waals surface area contributed by atoms with Crippen LogP contribution in [0.25, 0.3) is 0 Å². The molecule has 2 aromatic rings. The number of benzene rings is 2. The smallest absolute Gasteiger partial charge is 0.257 e. The van der Waals surface area contributed by atoms with Crippen molar-refractivity contribution < 1.29 is 13.9 Å². The zero-order valence-corrected chi connectivity index (χ0v) is 17.6. The summed E-state index contributed by atoms with van der Waals surface area (Å²) < 4.78 is 20.0. The van der Waals surface area contributed by atoms with Crippen molar-refractivity contribution in [3.63, 3.8) is 0 Å². The molecule has 2 aromatic carbocycles. The van der Waals surface area contributed by atoms with Crippen LogP contribution < -0.4 is 4.74 Å². The van der Waals surface area contributed by atoms with Crippen molar-refractivity contribution in [2.75, 3.05) is 20.2 Å². The number of likely N-dealkylation sites (tertiary alicyclic amines) is 1. The summed E-state index contributed by atoms with van der Waals surface area (Å²) in [5.74, 6) is 0.327. The normalized spacial score (nSPS) is 22.1. The minimum absolute atomic E-state index is 0.0881. The Balaban J connectivity index is 1.64. The van der Waals surface area contributed by atoms with E-state index in [4.69, 9.17) is 4.74 Å². The zero-order chi connectivity index (χ0) is 21.1. The summed E-state index contributed by atoms with van der Waals surface area (Å²) in [6.07, 6.45) is 3.87. The van der Waals surface area contributed by atoms with Crippen LogP contribution in [0.5, 0.6) is 5.75 Å². The fourth-order valence-electron chi connectivity index (χ4n) is 4.34. The van der Waals surface area contributed by atoms with E-state index in [1.807, 2.05) is 24.3 Å². The van der Waals surface area contributed by atoms with Crippen molar-refractivity contribution >= 4 is 11.6 Å².